The molecule has 0 aromatic heterocycles. The van der Waals surface area contributed by atoms with Gasteiger partial charge >= 0.3 is 11.9 Å². The van der Waals surface area contributed by atoms with E-state index in [0.29, 0.717) is 76.7 Å². The number of thioether (sulfide) groups is 1. The summed E-state index contributed by atoms with van der Waals surface area (Å²) in [6.45, 7) is 7.95. The number of piperazine rings is 1. The number of carbonyl (C=O) groups is 2. The second-order valence-corrected chi connectivity index (χ2v) is 16.8. The van der Waals surface area contributed by atoms with Gasteiger partial charge in [-0.1, -0.05) is 13.0 Å². The van der Waals surface area contributed by atoms with Crippen molar-refractivity contribution in [2.24, 2.45) is 0 Å². The minimum absolute atomic E-state index is 0.0118. The topological polar surface area (TPSA) is 163 Å². The minimum atomic E-state index is -1.31. The van der Waals surface area contributed by atoms with Gasteiger partial charge in [-0.3, -0.25) is 19.5 Å². The number of aromatic hydroxyl groups is 2. The van der Waals surface area contributed by atoms with Crippen LogP contribution in [0.15, 0.2) is 18.2 Å². The summed E-state index contributed by atoms with van der Waals surface area (Å²) >= 11 is 1.52. The second-order valence-electron chi connectivity index (χ2n) is 15.7. The Balaban J connectivity index is 1.35. The van der Waals surface area contributed by atoms with E-state index in [9.17, 15) is 20.3 Å². The summed E-state index contributed by atoms with van der Waals surface area (Å²) in [6.07, 6.45) is 1.09. The van der Waals surface area contributed by atoms with Gasteiger partial charge in [-0.15, -0.1) is 11.8 Å². The summed E-state index contributed by atoms with van der Waals surface area (Å²) in [4.78, 5) is 34.7. The highest BCUT2D eigenvalue weighted by Gasteiger charge is 2.62. The fourth-order valence-electron chi connectivity index (χ4n) is 10.8. The number of rotatable bonds is 4. The third kappa shape index (κ3) is 5.13. The van der Waals surface area contributed by atoms with Gasteiger partial charge in [0.25, 0.3) is 0 Å². The van der Waals surface area contributed by atoms with Crippen LogP contribution < -0.4 is 23.7 Å². The lowest BCUT2D eigenvalue weighted by Gasteiger charge is -2.62. The Labute approximate surface area is 335 Å². The quantitative estimate of drug-likeness (QED) is 0.275. The van der Waals surface area contributed by atoms with Gasteiger partial charge in [0.1, 0.15) is 18.4 Å². The number of benzene rings is 3. The van der Waals surface area contributed by atoms with Crippen molar-refractivity contribution in [2.45, 2.75) is 81.5 Å². The molecule has 1 spiro atoms. The Morgan fingerprint density at radius 1 is 1.05 bits per heavy atom. The Kier molecular flexibility index (Phi) is 9.00. The van der Waals surface area contributed by atoms with E-state index in [1.807, 2.05) is 27.8 Å². The van der Waals surface area contributed by atoms with Crippen LogP contribution in [0.2, 0.25) is 0 Å². The van der Waals surface area contributed by atoms with Crippen LogP contribution in [0.5, 0.6) is 40.2 Å². The predicted molar refractivity (Wildman–Crippen MR) is 207 cm³/mol. The average molecular weight is 799 g/mol. The molecule has 14 nitrogen and oxygen atoms in total. The number of fused-ring (bicyclic) bond motifs is 9. The Morgan fingerprint density at radius 3 is 2.53 bits per heavy atom. The molecule has 3 aromatic carbocycles. The maximum Gasteiger partial charge on any atom is 0.332 e. The Morgan fingerprint density at radius 2 is 1.82 bits per heavy atom. The lowest BCUT2D eigenvalue weighted by atomic mass is 9.71. The number of phenols is 2. The number of hydrogen-bond acceptors (Lipinski definition) is 15. The number of aryl methyl sites for hydroxylation is 1. The number of hydrogen-bond donors (Lipinski definition) is 2. The monoisotopic (exact) mass is 798 g/mol. The molecular formula is C42H46N4O10S. The lowest BCUT2D eigenvalue weighted by Crippen LogP contribution is -2.69. The number of nitrogens with zero attached hydrogens (tertiary/aromatic N) is 4. The number of ether oxygens (including phenoxy) is 6. The summed E-state index contributed by atoms with van der Waals surface area (Å²) in [5.41, 5.74) is 4.59. The van der Waals surface area contributed by atoms with Crippen molar-refractivity contribution in [1.82, 2.24) is 14.7 Å². The molecule has 57 heavy (non-hydrogen) atoms. The predicted octanol–water partition coefficient (Wildman–Crippen LogP) is 4.72. The molecule has 2 fully saturated rings. The van der Waals surface area contributed by atoms with Crippen molar-refractivity contribution in [3.05, 3.63) is 62.7 Å². The van der Waals surface area contributed by atoms with Gasteiger partial charge in [0, 0.05) is 53.6 Å². The first-order valence-electron chi connectivity index (χ1n) is 19.3. The third-order valence-electron chi connectivity index (χ3n) is 13.2. The molecule has 0 amide bonds. The molecular weight excluding hydrogens is 753 g/mol. The normalized spacial score (nSPS) is 28.7. The van der Waals surface area contributed by atoms with Gasteiger partial charge in [-0.25, -0.2) is 4.79 Å². The van der Waals surface area contributed by atoms with Crippen LogP contribution in [0.3, 0.4) is 0 Å². The van der Waals surface area contributed by atoms with E-state index in [1.165, 1.54) is 25.8 Å². The molecule has 0 saturated carbocycles. The zero-order valence-corrected chi connectivity index (χ0v) is 33.8. The highest BCUT2D eigenvalue weighted by Crippen LogP contribution is 2.65. The molecule has 300 valence electrons. The molecule has 7 aliphatic heterocycles. The molecule has 15 heteroatoms. The first kappa shape index (κ1) is 37.7. The van der Waals surface area contributed by atoms with Gasteiger partial charge in [0.05, 0.1) is 37.6 Å². The number of likely N-dealkylation sites (N-methyl/N-ethyl adjacent to an activating group) is 2. The molecule has 7 aliphatic rings. The molecule has 10 rings (SSSR count). The van der Waals surface area contributed by atoms with E-state index in [2.05, 4.69) is 26.8 Å². The standard InChI is InChI=1S/C42H46N4O10S/c1-8-45-10-9-22-13-28(48)29(51-6)14-24(22)42(45)17-57-40-32-31(39-38(54-18-55-39)20(3)37(32)56-21(4)47)27(16-53-41(42)50)46-26(15-43)25-12-23-11-19(2)36(52-7)35(49)30(23)33(34(40)46)44(25)5/h11,13-14,25-27,33-34,40,48-49H,8-10,12,16-18H2,1-7H3/t25-,26+,27-,33-,34?,40-,42-/m1/s1. The first-order chi connectivity index (χ1) is 27.4. The van der Waals surface area contributed by atoms with Crippen molar-refractivity contribution < 1.29 is 48.2 Å². The molecule has 7 heterocycles. The zero-order chi connectivity index (χ0) is 40.2. The van der Waals surface area contributed by atoms with Crippen LogP contribution in [0, 0.1) is 25.2 Å². The summed E-state index contributed by atoms with van der Waals surface area (Å²) in [7, 11) is 5.02. The van der Waals surface area contributed by atoms with Crippen LogP contribution in [-0.2, 0) is 32.7 Å². The van der Waals surface area contributed by atoms with Crippen LogP contribution in [-0.4, -0.2) is 108 Å². The molecule has 3 aromatic rings. The Bertz CT molecular complexity index is 2280. The third-order valence-corrected chi connectivity index (χ3v) is 14.6. The van der Waals surface area contributed by atoms with Gasteiger partial charge in [0.2, 0.25) is 6.79 Å². The van der Waals surface area contributed by atoms with Gasteiger partial charge < -0.3 is 38.6 Å². The van der Waals surface area contributed by atoms with E-state index < -0.39 is 46.9 Å². The zero-order valence-electron chi connectivity index (χ0n) is 33.0. The number of carbonyl (C=O) groups excluding carboxylic acids is 2. The second kappa shape index (κ2) is 13.6. The number of methoxy groups -OCH3 is 2. The fraction of sp³-hybridized carbons (Fsp3) is 0.500. The van der Waals surface area contributed by atoms with Crippen molar-refractivity contribution >= 4 is 23.7 Å². The van der Waals surface area contributed by atoms with Crippen molar-refractivity contribution in [1.29, 1.82) is 5.26 Å². The van der Waals surface area contributed by atoms with E-state index >= 15 is 4.79 Å². The summed E-state index contributed by atoms with van der Waals surface area (Å²) in [5.74, 6) is 1.13. The van der Waals surface area contributed by atoms with Crippen molar-refractivity contribution in [2.75, 3.05) is 53.5 Å². The lowest BCUT2D eigenvalue weighted by molar-refractivity contribution is -0.164. The molecule has 7 atom stereocenters. The molecule has 0 radical (unpaired) electrons. The average Bonchev–Trinajstić information content (AvgIpc) is 3.68. The molecule has 2 N–H and O–H groups in total. The van der Waals surface area contributed by atoms with Crippen LogP contribution in [0.1, 0.15) is 75.7 Å². The summed E-state index contributed by atoms with van der Waals surface area (Å²) in [5, 5.41) is 33.6. The molecule has 2 saturated heterocycles. The SMILES string of the molecule is CCN1CCc2cc(O)c(OC)cc2[C@@]12CS[C@@H]1c3c(OC(C)=O)c(C)c4c(c3[C@@H](COC2=O)N2C1[C@H]1c3c(cc(C)c(OC)c3O)C[C@H]([C@@H]2C#N)N1C)OCO4. The van der Waals surface area contributed by atoms with Gasteiger partial charge in [0.15, 0.2) is 40.0 Å². The Hall–Kier alpha value is -4.88. The van der Waals surface area contributed by atoms with E-state index in [4.69, 9.17) is 28.4 Å². The minimum Gasteiger partial charge on any atom is -0.504 e. The highest BCUT2D eigenvalue weighted by molar-refractivity contribution is 7.99. The van der Waals surface area contributed by atoms with Crippen LogP contribution in [0.25, 0.3) is 0 Å². The maximum atomic E-state index is 15.1. The summed E-state index contributed by atoms with van der Waals surface area (Å²) in [6, 6.07) is 5.39. The number of nitriles is 1. The van der Waals surface area contributed by atoms with Crippen LogP contribution in [0.4, 0.5) is 0 Å². The first-order valence-corrected chi connectivity index (χ1v) is 20.3. The number of esters is 2. The van der Waals surface area contributed by atoms with Crippen molar-refractivity contribution in [3.8, 4) is 46.3 Å². The molecule has 1 unspecified atom stereocenters. The maximum absolute atomic E-state index is 15.1. The van der Waals surface area contributed by atoms with E-state index in [0.717, 1.165) is 16.7 Å². The number of phenolic OH excluding ortho intramolecular Hbond substituents is 2. The summed E-state index contributed by atoms with van der Waals surface area (Å²) < 4.78 is 36.5. The largest absolute Gasteiger partial charge is 0.504 e. The molecule has 0 aliphatic carbocycles. The smallest absolute Gasteiger partial charge is 0.332 e. The van der Waals surface area contributed by atoms with E-state index in [1.54, 1.807) is 19.2 Å². The highest BCUT2D eigenvalue weighted by atomic mass is 32.2. The molecule has 4 bridgehead atoms. The van der Waals surface area contributed by atoms with Gasteiger partial charge in [-0.05, 0) is 74.7 Å². The fourth-order valence-corrected chi connectivity index (χ4v) is 12.6. The van der Waals surface area contributed by atoms with Crippen molar-refractivity contribution in [3.63, 3.8) is 0 Å². The van der Waals surface area contributed by atoms with E-state index in [-0.39, 0.29) is 42.4 Å². The van der Waals surface area contributed by atoms with Crippen LogP contribution >= 0.6 is 11.8 Å². The van der Waals surface area contributed by atoms with Gasteiger partial charge in [-0.2, -0.15) is 5.26 Å².